The summed E-state index contributed by atoms with van der Waals surface area (Å²) in [5.41, 5.74) is 2.75. The Kier molecular flexibility index (Phi) is 5.38. The van der Waals surface area contributed by atoms with Gasteiger partial charge in [-0.15, -0.1) is 0 Å². The van der Waals surface area contributed by atoms with Crippen molar-refractivity contribution in [3.8, 4) is 5.75 Å². The molecule has 2 aromatic carbocycles. The average molecular weight is 452 g/mol. The molecular formula is C18H16Br2N2O2. The molecule has 6 heteroatoms. The number of pyridine rings is 1. The summed E-state index contributed by atoms with van der Waals surface area (Å²) in [6.07, 6.45) is 0.836. The molecule has 1 heterocycles. The highest BCUT2D eigenvalue weighted by atomic mass is 79.9. The van der Waals surface area contributed by atoms with Gasteiger partial charge in [-0.05, 0) is 64.1 Å². The predicted molar refractivity (Wildman–Crippen MR) is 103 cm³/mol. The second kappa shape index (κ2) is 7.51. The van der Waals surface area contributed by atoms with Crippen molar-refractivity contribution < 1.29 is 5.11 Å². The van der Waals surface area contributed by atoms with E-state index in [0.717, 1.165) is 39.5 Å². The van der Waals surface area contributed by atoms with Crippen molar-refractivity contribution in [3.63, 3.8) is 0 Å². The standard InChI is InChI=1S/C18H16Br2N2O2/c19-14-8-13(18(24)15(20)9-14)10-21-6-5-11-1-2-12-3-4-17(23)22-16(12)7-11/h1-4,7-9,21,24H,5-6,10H2,(H,22,23). The van der Waals surface area contributed by atoms with E-state index in [1.54, 1.807) is 0 Å². The molecule has 0 amide bonds. The molecule has 0 saturated carbocycles. The zero-order valence-corrected chi connectivity index (χ0v) is 15.9. The number of hydrogen-bond acceptors (Lipinski definition) is 3. The highest BCUT2D eigenvalue weighted by molar-refractivity contribution is 9.11. The van der Waals surface area contributed by atoms with Gasteiger partial charge in [0.05, 0.1) is 4.47 Å². The number of H-pyrrole nitrogens is 1. The number of fused-ring (bicyclic) bond motifs is 1. The predicted octanol–water partition coefficient (Wildman–Crippen LogP) is 4.09. The van der Waals surface area contributed by atoms with Gasteiger partial charge >= 0.3 is 0 Å². The van der Waals surface area contributed by atoms with Gasteiger partial charge in [-0.25, -0.2) is 0 Å². The quantitative estimate of drug-likeness (QED) is 0.512. The van der Waals surface area contributed by atoms with Gasteiger partial charge in [0.2, 0.25) is 5.56 Å². The fourth-order valence-electron chi connectivity index (χ4n) is 2.56. The molecule has 0 unspecified atom stereocenters. The fourth-order valence-corrected chi connectivity index (χ4v) is 3.88. The molecule has 0 aliphatic rings. The molecule has 0 saturated heterocycles. The molecular weight excluding hydrogens is 436 g/mol. The third kappa shape index (κ3) is 4.06. The summed E-state index contributed by atoms with van der Waals surface area (Å²) < 4.78 is 1.59. The van der Waals surface area contributed by atoms with Gasteiger partial charge in [0.15, 0.2) is 0 Å². The van der Waals surface area contributed by atoms with E-state index in [4.69, 9.17) is 0 Å². The number of aromatic nitrogens is 1. The lowest BCUT2D eigenvalue weighted by Crippen LogP contribution is -2.17. The van der Waals surface area contributed by atoms with Crippen LogP contribution in [-0.2, 0) is 13.0 Å². The van der Waals surface area contributed by atoms with Gasteiger partial charge in [0.25, 0.3) is 0 Å². The van der Waals surface area contributed by atoms with Gasteiger partial charge in [0.1, 0.15) is 5.75 Å². The van der Waals surface area contributed by atoms with Crippen molar-refractivity contribution in [3.05, 3.63) is 72.9 Å². The summed E-state index contributed by atoms with van der Waals surface area (Å²) in [5, 5.41) is 14.4. The van der Waals surface area contributed by atoms with E-state index in [9.17, 15) is 9.90 Å². The first kappa shape index (κ1) is 17.2. The van der Waals surface area contributed by atoms with Crippen LogP contribution >= 0.6 is 31.9 Å². The van der Waals surface area contributed by atoms with Crippen molar-refractivity contribution in [2.75, 3.05) is 6.54 Å². The molecule has 0 radical (unpaired) electrons. The number of benzene rings is 2. The van der Waals surface area contributed by atoms with E-state index < -0.39 is 0 Å². The second-order valence-corrected chi connectivity index (χ2v) is 7.34. The molecule has 0 spiro atoms. The first-order valence-electron chi connectivity index (χ1n) is 7.52. The van der Waals surface area contributed by atoms with Crippen LogP contribution in [0.3, 0.4) is 0 Å². The highest BCUT2D eigenvalue weighted by Crippen LogP contribution is 2.31. The first-order chi connectivity index (χ1) is 11.5. The molecule has 1 aromatic heterocycles. The molecule has 0 fully saturated rings. The maximum atomic E-state index is 11.4. The van der Waals surface area contributed by atoms with Crippen LogP contribution in [0.15, 0.2) is 56.2 Å². The highest BCUT2D eigenvalue weighted by Gasteiger charge is 2.07. The van der Waals surface area contributed by atoms with Crippen LogP contribution in [0.5, 0.6) is 5.75 Å². The van der Waals surface area contributed by atoms with Gasteiger partial charge < -0.3 is 15.4 Å². The summed E-state index contributed by atoms with van der Waals surface area (Å²) in [6, 6.07) is 13.2. The summed E-state index contributed by atoms with van der Waals surface area (Å²) in [6.45, 7) is 1.35. The Balaban J connectivity index is 1.62. The maximum Gasteiger partial charge on any atom is 0.248 e. The summed E-state index contributed by atoms with van der Waals surface area (Å²) in [7, 11) is 0. The second-order valence-electron chi connectivity index (χ2n) is 5.57. The number of aromatic hydroxyl groups is 1. The molecule has 3 aromatic rings. The van der Waals surface area contributed by atoms with Crippen LogP contribution < -0.4 is 10.9 Å². The van der Waals surface area contributed by atoms with E-state index in [1.807, 2.05) is 30.3 Å². The fraction of sp³-hybridized carbons (Fsp3) is 0.167. The molecule has 0 aliphatic carbocycles. The molecule has 4 nitrogen and oxygen atoms in total. The smallest absolute Gasteiger partial charge is 0.248 e. The lowest BCUT2D eigenvalue weighted by Gasteiger charge is -2.09. The normalized spacial score (nSPS) is 11.1. The van der Waals surface area contributed by atoms with Crippen molar-refractivity contribution in [2.24, 2.45) is 0 Å². The lowest BCUT2D eigenvalue weighted by molar-refractivity contribution is 0.461. The van der Waals surface area contributed by atoms with Crippen molar-refractivity contribution in [1.29, 1.82) is 0 Å². The van der Waals surface area contributed by atoms with Crippen LogP contribution in [0.1, 0.15) is 11.1 Å². The van der Waals surface area contributed by atoms with Gasteiger partial charge in [-0.3, -0.25) is 4.79 Å². The minimum absolute atomic E-state index is 0.0894. The number of phenolic OH excluding ortho intramolecular Hbond substituents is 1. The number of rotatable bonds is 5. The maximum absolute atomic E-state index is 11.4. The Bertz CT molecular complexity index is 938. The molecule has 3 rings (SSSR count). The van der Waals surface area contributed by atoms with E-state index in [-0.39, 0.29) is 11.3 Å². The van der Waals surface area contributed by atoms with Gasteiger partial charge in [0, 0.05) is 28.2 Å². The Hall–Kier alpha value is -1.63. The number of nitrogens with one attached hydrogen (secondary N) is 2. The van der Waals surface area contributed by atoms with Crippen molar-refractivity contribution >= 4 is 42.8 Å². The topological polar surface area (TPSA) is 65.1 Å². The minimum atomic E-state index is -0.0894. The third-order valence-electron chi connectivity index (χ3n) is 3.80. The Morgan fingerprint density at radius 1 is 1.08 bits per heavy atom. The minimum Gasteiger partial charge on any atom is -0.506 e. The lowest BCUT2D eigenvalue weighted by atomic mass is 10.1. The zero-order chi connectivity index (χ0) is 17.1. The van der Waals surface area contributed by atoms with E-state index in [2.05, 4.69) is 48.2 Å². The molecule has 124 valence electrons. The SMILES string of the molecule is O=c1ccc2ccc(CCNCc3cc(Br)cc(Br)c3O)cc2[nH]1. The molecule has 0 aliphatic heterocycles. The van der Waals surface area contributed by atoms with Crippen molar-refractivity contribution in [2.45, 2.75) is 13.0 Å². The Morgan fingerprint density at radius 3 is 2.71 bits per heavy atom. The molecule has 3 N–H and O–H groups in total. The summed E-state index contributed by atoms with van der Waals surface area (Å²) >= 11 is 6.76. The third-order valence-corrected chi connectivity index (χ3v) is 4.87. The monoisotopic (exact) mass is 450 g/mol. The summed E-state index contributed by atoms with van der Waals surface area (Å²) in [5.74, 6) is 0.258. The van der Waals surface area contributed by atoms with Crippen molar-refractivity contribution in [1.82, 2.24) is 10.3 Å². The largest absolute Gasteiger partial charge is 0.506 e. The number of aromatic amines is 1. The van der Waals surface area contributed by atoms with Crippen LogP contribution in [0.2, 0.25) is 0 Å². The average Bonchev–Trinajstić information content (AvgIpc) is 2.55. The van der Waals surface area contributed by atoms with Crippen LogP contribution in [0, 0.1) is 0 Å². The molecule has 0 atom stereocenters. The molecule has 24 heavy (non-hydrogen) atoms. The Morgan fingerprint density at radius 2 is 1.88 bits per heavy atom. The Labute approximate surface area is 156 Å². The van der Waals surface area contributed by atoms with Gasteiger partial charge in [-0.1, -0.05) is 28.1 Å². The van der Waals surface area contributed by atoms with E-state index in [0.29, 0.717) is 11.0 Å². The summed E-state index contributed by atoms with van der Waals surface area (Å²) in [4.78, 5) is 14.2. The number of phenols is 1. The first-order valence-corrected chi connectivity index (χ1v) is 9.11. The number of hydrogen-bond donors (Lipinski definition) is 3. The van der Waals surface area contributed by atoms with Crippen LogP contribution in [0.25, 0.3) is 10.9 Å². The number of halogens is 2. The van der Waals surface area contributed by atoms with E-state index in [1.165, 1.54) is 6.07 Å². The van der Waals surface area contributed by atoms with E-state index >= 15 is 0 Å². The van der Waals surface area contributed by atoms with Crippen LogP contribution in [0.4, 0.5) is 0 Å². The van der Waals surface area contributed by atoms with Gasteiger partial charge in [-0.2, -0.15) is 0 Å². The molecule has 0 bridgehead atoms. The van der Waals surface area contributed by atoms with Crippen LogP contribution in [-0.4, -0.2) is 16.6 Å². The zero-order valence-electron chi connectivity index (χ0n) is 12.8.